The van der Waals surface area contributed by atoms with Crippen LogP contribution in [0.1, 0.15) is 35.7 Å². The molecule has 7 nitrogen and oxygen atoms in total. The summed E-state index contributed by atoms with van der Waals surface area (Å²) in [5, 5.41) is 14.4. The van der Waals surface area contributed by atoms with E-state index in [1.165, 1.54) is 19.3 Å². The van der Waals surface area contributed by atoms with Crippen LogP contribution < -0.4 is 9.47 Å². The normalized spacial score (nSPS) is 15.5. The Morgan fingerprint density at radius 2 is 1.85 bits per heavy atom. The zero-order chi connectivity index (χ0) is 17.9. The zero-order valence-electron chi connectivity index (χ0n) is 15.1. The summed E-state index contributed by atoms with van der Waals surface area (Å²) in [6, 6.07) is 5.96. The lowest BCUT2D eigenvalue weighted by molar-refractivity contribution is 0.214. The second kappa shape index (κ2) is 7.59. The third-order valence-electron chi connectivity index (χ3n) is 4.71. The summed E-state index contributed by atoms with van der Waals surface area (Å²) < 4.78 is 12.6. The van der Waals surface area contributed by atoms with Crippen molar-refractivity contribution < 1.29 is 9.47 Å². The average Bonchev–Trinajstić information content (AvgIpc) is 3.23. The molecule has 3 aromatic rings. The summed E-state index contributed by atoms with van der Waals surface area (Å²) in [6.45, 7) is 3.09. The Balaban J connectivity index is 1.52. The number of fused-ring (bicyclic) bond motifs is 1. The fraction of sp³-hybridized carbons (Fsp3) is 0.500. The van der Waals surface area contributed by atoms with Gasteiger partial charge in [0.2, 0.25) is 4.96 Å². The third kappa shape index (κ3) is 3.52. The molecule has 1 fully saturated rings. The monoisotopic (exact) mass is 373 g/mol. The van der Waals surface area contributed by atoms with E-state index in [2.05, 4.69) is 15.1 Å². The number of ether oxygens (including phenoxy) is 2. The van der Waals surface area contributed by atoms with Crippen molar-refractivity contribution in [2.24, 2.45) is 0 Å². The molecule has 0 saturated carbocycles. The van der Waals surface area contributed by atoms with E-state index in [9.17, 15) is 0 Å². The van der Waals surface area contributed by atoms with E-state index in [0.717, 1.165) is 58.9 Å². The number of nitrogens with zero attached hydrogens (tertiary/aromatic N) is 5. The molecule has 1 aliphatic heterocycles. The van der Waals surface area contributed by atoms with Gasteiger partial charge in [0.05, 0.1) is 20.8 Å². The Labute approximate surface area is 156 Å². The van der Waals surface area contributed by atoms with Crippen LogP contribution in [0.3, 0.4) is 0 Å². The van der Waals surface area contributed by atoms with Gasteiger partial charge in [0, 0.05) is 6.42 Å². The minimum atomic E-state index is 0.734. The van der Waals surface area contributed by atoms with E-state index in [-0.39, 0.29) is 0 Å². The molecule has 1 aromatic carbocycles. The number of benzene rings is 1. The van der Waals surface area contributed by atoms with E-state index < -0.39 is 0 Å². The lowest BCUT2D eigenvalue weighted by Crippen LogP contribution is -2.30. The number of piperidine rings is 1. The summed E-state index contributed by atoms with van der Waals surface area (Å²) in [5.41, 5.74) is 1.13. The molecule has 4 rings (SSSR count). The summed E-state index contributed by atoms with van der Waals surface area (Å²) >= 11 is 1.59. The van der Waals surface area contributed by atoms with Gasteiger partial charge in [-0.25, -0.2) is 0 Å². The zero-order valence-corrected chi connectivity index (χ0v) is 16.0. The first-order valence-corrected chi connectivity index (χ1v) is 9.71. The highest BCUT2D eigenvalue weighted by molar-refractivity contribution is 7.16. The second-order valence-electron chi connectivity index (χ2n) is 6.51. The highest BCUT2D eigenvalue weighted by Crippen LogP contribution is 2.29. The van der Waals surface area contributed by atoms with Crippen LogP contribution in [0.5, 0.6) is 11.5 Å². The van der Waals surface area contributed by atoms with Crippen LogP contribution >= 0.6 is 11.3 Å². The molecule has 0 amide bonds. The number of aromatic nitrogens is 4. The standard InChI is InChI=1S/C18H23N5O2S/c1-24-14-7-6-13(10-15(14)25-2)11-17-21-23-16(19-20-18(23)26-17)12-22-8-4-3-5-9-22/h6-7,10H,3-5,8-9,11-12H2,1-2H3. The summed E-state index contributed by atoms with van der Waals surface area (Å²) in [6.07, 6.45) is 4.60. The van der Waals surface area contributed by atoms with Crippen LogP contribution in [0.25, 0.3) is 4.96 Å². The molecule has 8 heteroatoms. The van der Waals surface area contributed by atoms with E-state index in [1.54, 1.807) is 25.6 Å². The predicted octanol–water partition coefficient (Wildman–Crippen LogP) is 2.78. The maximum atomic E-state index is 5.39. The first kappa shape index (κ1) is 17.2. The van der Waals surface area contributed by atoms with Gasteiger partial charge in [-0.15, -0.1) is 10.2 Å². The molecule has 0 bridgehead atoms. The molecule has 138 valence electrons. The minimum absolute atomic E-state index is 0.734. The third-order valence-corrected chi connectivity index (χ3v) is 5.61. The smallest absolute Gasteiger partial charge is 0.234 e. The number of hydrogen-bond acceptors (Lipinski definition) is 7. The fourth-order valence-corrected chi connectivity index (χ4v) is 4.24. The topological polar surface area (TPSA) is 64.8 Å². The van der Waals surface area contributed by atoms with Crippen LogP contribution in [0, 0.1) is 0 Å². The van der Waals surface area contributed by atoms with Gasteiger partial charge in [-0.2, -0.15) is 9.61 Å². The molecular weight excluding hydrogens is 350 g/mol. The van der Waals surface area contributed by atoms with Crippen LogP contribution in [0.2, 0.25) is 0 Å². The highest BCUT2D eigenvalue weighted by Gasteiger charge is 2.17. The molecule has 0 unspecified atom stereocenters. The van der Waals surface area contributed by atoms with Gasteiger partial charge in [0.15, 0.2) is 17.3 Å². The average molecular weight is 373 g/mol. The van der Waals surface area contributed by atoms with Crippen LogP contribution in [-0.2, 0) is 13.0 Å². The molecule has 0 radical (unpaired) electrons. The number of hydrogen-bond donors (Lipinski definition) is 0. The quantitative estimate of drug-likeness (QED) is 0.662. The summed E-state index contributed by atoms with van der Waals surface area (Å²) in [4.78, 5) is 3.29. The van der Waals surface area contributed by atoms with E-state index in [4.69, 9.17) is 14.6 Å². The number of methoxy groups -OCH3 is 2. The second-order valence-corrected chi connectivity index (χ2v) is 7.55. The number of likely N-dealkylation sites (tertiary alicyclic amines) is 1. The Hall–Kier alpha value is -2.19. The lowest BCUT2D eigenvalue weighted by Gasteiger charge is -2.25. The minimum Gasteiger partial charge on any atom is -0.493 e. The number of rotatable bonds is 6. The first-order chi connectivity index (χ1) is 12.8. The Kier molecular flexibility index (Phi) is 5.03. The molecule has 3 heterocycles. The van der Waals surface area contributed by atoms with Gasteiger partial charge in [-0.1, -0.05) is 23.8 Å². The molecule has 0 aliphatic carbocycles. The van der Waals surface area contributed by atoms with Gasteiger partial charge in [0.1, 0.15) is 5.01 Å². The van der Waals surface area contributed by atoms with Crippen molar-refractivity contribution in [3.8, 4) is 11.5 Å². The van der Waals surface area contributed by atoms with Crippen molar-refractivity contribution in [3.05, 3.63) is 34.6 Å². The van der Waals surface area contributed by atoms with Crippen molar-refractivity contribution >= 4 is 16.3 Å². The first-order valence-electron chi connectivity index (χ1n) is 8.90. The van der Waals surface area contributed by atoms with Crippen molar-refractivity contribution in [3.63, 3.8) is 0 Å². The molecule has 26 heavy (non-hydrogen) atoms. The fourth-order valence-electron chi connectivity index (χ4n) is 3.35. The van der Waals surface area contributed by atoms with Crippen molar-refractivity contribution in [2.45, 2.75) is 32.2 Å². The summed E-state index contributed by atoms with van der Waals surface area (Å²) in [5.74, 6) is 2.40. The van der Waals surface area contributed by atoms with Crippen molar-refractivity contribution in [2.75, 3.05) is 27.3 Å². The van der Waals surface area contributed by atoms with Crippen LogP contribution in [0.4, 0.5) is 0 Å². The van der Waals surface area contributed by atoms with E-state index >= 15 is 0 Å². The van der Waals surface area contributed by atoms with Crippen molar-refractivity contribution in [1.29, 1.82) is 0 Å². The van der Waals surface area contributed by atoms with Gasteiger partial charge in [0.25, 0.3) is 0 Å². The Morgan fingerprint density at radius 1 is 1.04 bits per heavy atom. The van der Waals surface area contributed by atoms with Gasteiger partial charge in [-0.3, -0.25) is 4.90 Å². The Bertz CT molecular complexity index is 885. The lowest BCUT2D eigenvalue weighted by atomic mass is 10.1. The molecular formula is C18H23N5O2S. The van der Waals surface area contributed by atoms with E-state index in [1.807, 2.05) is 22.7 Å². The van der Waals surface area contributed by atoms with Crippen LogP contribution in [-0.4, -0.2) is 52.0 Å². The maximum Gasteiger partial charge on any atom is 0.234 e. The molecule has 0 spiro atoms. The van der Waals surface area contributed by atoms with Gasteiger partial charge < -0.3 is 9.47 Å². The molecule has 2 aromatic heterocycles. The SMILES string of the molecule is COc1ccc(Cc2nn3c(CN4CCCCC4)nnc3s2)cc1OC. The molecule has 0 atom stereocenters. The maximum absolute atomic E-state index is 5.39. The molecule has 0 N–H and O–H groups in total. The predicted molar refractivity (Wildman–Crippen MR) is 100 cm³/mol. The van der Waals surface area contributed by atoms with Gasteiger partial charge in [-0.05, 0) is 43.6 Å². The summed E-state index contributed by atoms with van der Waals surface area (Å²) in [7, 11) is 3.29. The highest BCUT2D eigenvalue weighted by atomic mass is 32.1. The van der Waals surface area contributed by atoms with Gasteiger partial charge >= 0.3 is 0 Å². The van der Waals surface area contributed by atoms with Crippen LogP contribution in [0.15, 0.2) is 18.2 Å². The van der Waals surface area contributed by atoms with E-state index in [0.29, 0.717) is 0 Å². The molecule has 1 aliphatic rings. The molecule has 1 saturated heterocycles. The van der Waals surface area contributed by atoms with Crippen molar-refractivity contribution in [1.82, 2.24) is 24.7 Å². The Morgan fingerprint density at radius 3 is 2.62 bits per heavy atom. The largest absolute Gasteiger partial charge is 0.493 e.